The second-order valence-electron chi connectivity index (χ2n) is 5.32. The van der Waals surface area contributed by atoms with Gasteiger partial charge in [0.2, 0.25) is 11.7 Å². The van der Waals surface area contributed by atoms with E-state index in [2.05, 4.69) is 15.3 Å². The molecule has 1 aliphatic rings. The fourth-order valence-corrected chi connectivity index (χ4v) is 2.15. The molecule has 0 unspecified atom stereocenters. The Morgan fingerprint density at radius 1 is 1.29 bits per heavy atom. The van der Waals surface area contributed by atoms with Crippen LogP contribution in [0.2, 0.25) is 0 Å². The number of aromatic nitrogens is 2. The first-order chi connectivity index (χ1) is 9.84. The molecule has 21 heavy (non-hydrogen) atoms. The minimum absolute atomic E-state index is 0.000995. The lowest BCUT2D eigenvalue weighted by molar-refractivity contribution is -0.145. The van der Waals surface area contributed by atoms with Crippen molar-refractivity contribution in [1.29, 1.82) is 0 Å². The molecule has 8 heteroatoms. The van der Waals surface area contributed by atoms with Crippen molar-refractivity contribution in [3.63, 3.8) is 0 Å². The lowest BCUT2D eigenvalue weighted by Crippen LogP contribution is -2.34. The maximum absolute atomic E-state index is 12.9. The molecule has 0 bridgehead atoms. The van der Waals surface area contributed by atoms with Gasteiger partial charge in [0, 0.05) is 12.6 Å². The largest absolute Gasteiger partial charge is 0.474 e. The summed E-state index contributed by atoms with van der Waals surface area (Å²) in [6.07, 6.45) is -3.16. The number of alkyl halides is 3. The lowest BCUT2D eigenvalue weighted by Gasteiger charge is -2.23. The summed E-state index contributed by atoms with van der Waals surface area (Å²) >= 11 is 0. The molecule has 0 spiro atoms. The average Bonchev–Trinajstić information content (AvgIpc) is 2.37. The third-order valence-electron chi connectivity index (χ3n) is 3.06. The van der Waals surface area contributed by atoms with E-state index in [0.29, 0.717) is 12.2 Å². The van der Waals surface area contributed by atoms with Gasteiger partial charge in [-0.25, -0.2) is 4.98 Å². The predicted octanol–water partition coefficient (Wildman–Crippen LogP) is 1.69. The van der Waals surface area contributed by atoms with Gasteiger partial charge in [-0.05, 0) is 40.0 Å². The molecule has 0 aliphatic carbocycles. The minimum Gasteiger partial charge on any atom is -0.474 e. The van der Waals surface area contributed by atoms with Crippen molar-refractivity contribution in [3.05, 3.63) is 17.6 Å². The van der Waals surface area contributed by atoms with Crippen LogP contribution in [0.15, 0.2) is 6.07 Å². The molecule has 0 amide bonds. The van der Waals surface area contributed by atoms with Crippen molar-refractivity contribution in [2.24, 2.45) is 0 Å². The van der Waals surface area contributed by atoms with Gasteiger partial charge in [0.1, 0.15) is 6.10 Å². The van der Waals surface area contributed by atoms with E-state index in [-0.39, 0.29) is 12.0 Å². The third kappa shape index (κ3) is 4.82. The summed E-state index contributed by atoms with van der Waals surface area (Å²) in [6, 6.07) is 1.48. The molecule has 5 nitrogen and oxygen atoms in total. The predicted molar refractivity (Wildman–Crippen MR) is 70.9 cm³/mol. The molecule has 2 heterocycles. The van der Waals surface area contributed by atoms with E-state index in [1.54, 1.807) is 19.0 Å². The zero-order valence-electron chi connectivity index (χ0n) is 12.1. The third-order valence-corrected chi connectivity index (χ3v) is 3.06. The van der Waals surface area contributed by atoms with Crippen LogP contribution in [0.1, 0.15) is 24.4 Å². The van der Waals surface area contributed by atoms with E-state index < -0.39 is 12.0 Å². The Kier molecular flexibility index (Phi) is 5.00. The first-order valence-electron chi connectivity index (χ1n) is 6.82. The van der Waals surface area contributed by atoms with Crippen molar-refractivity contribution in [2.45, 2.75) is 31.7 Å². The summed E-state index contributed by atoms with van der Waals surface area (Å²) in [5, 5.41) is 3.17. The molecule has 1 aromatic heterocycles. The zero-order valence-corrected chi connectivity index (χ0v) is 12.1. The first kappa shape index (κ1) is 16.0. The molecule has 1 saturated heterocycles. The molecule has 118 valence electrons. The summed E-state index contributed by atoms with van der Waals surface area (Å²) in [7, 11) is 3.53. The van der Waals surface area contributed by atoms with Crippen molar-refractivity contribution < 1.29 is 17.9 Å². The van der Waals surface area contributed by atoms with E-state index in [0.717, 1.165) is 25.9 Å². The molecule has 0 atom stereocenters. The van der Waals surface area contributed by atoms with Crippen LogP contribution in [0.25, 0.3) is 0 Å². The number of hydrogen-bond acceptors (Lipinski definition) is 5. The van der Waals surface area contributed by atoms with Gasteiger partial charge >= 0.3 is 6.18 Å². The van der Waals surface area contributed by atoms with Gasteiger partial charge in [-0.2, -0.15) is 18.2 Å². The van der Waals surface area contributed by atoms with Gasteiger partial charge < -0.3 is 15.0 Å². The molecule has 1 fully saturated rings. The molecule has 0 radical (unpaired) electrons. The van der Waals surface area contributed by atoms with Gasteiger partial charge in [-0.3, -0.25) is 0 Å². The molecule has 0 aromatic carbocycles. The number of nitrogens with one attached hydrogen (secondary N) is 1. The highest BCUT2D eigenvalue weighted by Crippen LogP contribution is 2.28. The summed E-state index contributed by atoms with van der Waals surface area (Å²) in [5.41, 5.74) is 0.297. The topological polar surface area (TPSA) is 50.3 Å². The second-order valence-corrected chi connectivity index (χ2v) is 5.32. The van der Waals surface area contributed by atoms with Crippen LogP contribution in [-0.4, -0.2) is 48.2 Å². The number of rotatable bonds is 4. The Bertz CT molecular complexity index is 473. The van der Waals surface area contributed by atoms with E-state index in [9.17, 15) is 13.2 Å². The van der Waals surface area contributed by atoms with Crippen LogP contribution in [0, 0.1) is 0 Å². The van der Waals surface area contributed by atoms with Crippen LogP contribution in [-0.2, 0) is 12.7 Å². The van der Waals surface area contributed by atoms with Crippen LogP contribution >= 0.6 is 0 Å². The van der Waals surface area contributed by atoms with E-state index in [1.165, 1.54) is 6.07 Å². The van der Waals surface area contributed by atoms with Crippen molar-refractivity contribution >= 4 is 0 Å². The Balaban J connectivity index is 2.21. The van der Waals surface area contributed by atoms with Gasteiger partial charge in [0.05, 0.1) is 5.69 Å². The summed E-state index contributed by atoms with van der Waals surface area (Å²) in [5.74, 6) is -1.15. The molecule has 1 aromatic rings. The number of ether oxygens (including phenoxy) is 1. The van der Waals surface area contributed by atoms with Crippen LogP contribution in [0.5, 0.6) is 5.88 Å². The van der Waals surface area contributed by atoms with Crippen molar-refractivity contribution in [1.82, 2.24) is 20.2 Å². The Labute approximate surface area is 121 Å². The van der Waals surface area contributed by atoms with Crippen LogP contribution < -0.4 is 10.1 Å². The monoisotopic (exact) mass is 304 g/mol. The lowest BCUT2D eigenvalue weighted by atomic mass is 10.1. The molecule has 1 N–H and O–H groups in total. The quantitative estimate of drug-likeness (QED) is 0.917. The van der Waals surface area contributed by atoms with Gasteiger partial charge in [0.25, 0.3) is 0 Å². The van der Waals surface area contributed by atoms with Crippen molar-refractivity contribution in [3.8, 4) is 5.88 Å². The minimum atomic E-state index is -4.57. The molecular weight excluding hydrogens is 285 g/mol. The Morgan fingerprint density at radius 3 is 2.52 bits per heavy atom. The Hall–Kier alpha value is -1.41. The highest BCUT2D eigenvalue weighted by molar-refractivity contribution is 5.18. The van der Waals surface area contributed by atoms with E-state index >= 15 is 0 Å². The molecule has 0 saturated carbocycles. The maximum Gasteiger partial charge on any atom is 0.451 e. The highest BCUT2D eigenvalue weighted by Gasteiger charge is 2.36. The molecule has 2 rings (SSSR count). The standard InChI is InChI=1S/C13H19F3N4O/c1-20(2)8-9-7-11(19-12(18-9)13(14,15)16)21-10-3-5-17-6-4-10/h7,10,17H,3-6,8H2,1-2H3. The summed E-state index contributed by atoms with van der Waals surface area (Å²) < 4.78 is 44.2. The smallest absolute Gasteiger partial charge is 0.451 e. The SMILES string of the molecule is CN(C)Cc1cc(OC2CCNCC2)nc(C(F)(F)F)n1. The Morgan fingerprint density at radius 2 is 1.95 bits per heavy atom. The van der Waals surface area contributed by atoms with Gasteiger partial charge in [0.15, 0.2) is 0 Å². The summed E-state index contributed by atoms with van der Waals surface area (Å²) in [6.45, 7) is 1.90. The number of hydrogen-bond donors (Lipinski definition) is 1. The van der Waals surface area contributed by atoms with E-state index in [1.807, 2.05) is 0 Å². The number of nitrogens with zero attached hydrogens (tertiary/aromatic N) is 3. The fraction of sp³-hybridized carbons (Fsp3) is 0.692. The van der Waals surface area contributed by atoms with Crippen molar-refractivity contribution in [2.75, 3.05) is 27.2 Å². The van der Waals surface area contributed by atoms with E-state index in [4.69, 9.17) is 4.74 Å². The molecule has 1 aliphatic heterocycles. The second kappa shape index (κ2) is 6.57. The normalized spacial score (nSPS) is 17.2. The highest BCUT2D eigenvalue weighted by atomic mass is 19.4. The van der Waals surface area contributed by atoms with Crippen LogP contribution in [0.3, 0.4) is 0 Å². The molecular formula is C13H19F3N4O. The number of piperidine rings is 1. The van der Waals surface area contributed by atoms with Gasteiger partial charge in [-0.15, -0.1) is 0 Å². The van der Waals surface area contributed by atoms with Gasteiger partial charge in [-0.1, -0.05) is 0 Å². The average molecular weight is 304 g/mol. The van der Waals surface area contributed by atoms with Crippen LogP contribution in [0.4, 0.5) is 13.2 Å². The first-order valence-corrected chi connectivity index (χ1v) is 6.82. The number of halogens is 3. The zero-order chi connectivity index (χ0) is 15.5. The maximum atomic E-state index is 12.9. The fourth-order valence-electron chi connectivity index (χ4n) is 2.15. The summed E-state index contributed by atoms with van der Waals surface area (Å²) in [4.78, 5) is 8.82.